The van der Waals surface area contributed by atoms with Crippen LogP contribution in [0, 0.1) is 6.92 Å². The molecule has 78 valence electrons. The number of hydrogen-bond acceptors (Lipinski definition) is 2. The third-order valence-corrected chi connectivity index (χ3v) is 4.40. The highest BCUT2D eigenvalue weighted by molar-refractivity contribution is 9.10. The van der Waals surface area contributed by atoms with Crippen molar-refractivity contribution in [2.75, 3.05) is 0 Å². The molecule has 2 aromatic rings. The van der Waals surface area contributed by atoms with E-state index in [1.807, 2.05) is 0 Å². The smallest absolute Gasteiger partial charge is 0.0349 e. The lowest BCUT2D eigenvalue weighted by Crippen LogP contribution is -1.91. The van der Waals surface area contributed by atoms with Crippen LogP contribution in [0.5, 0.6) is 0 Å². The van der Waals surface area contributed by atoms with Crippen molar-refractivity contribution in [2.45, 2.75) is 13.5 Å². The first kappa shape index (κ1) is 10.9. The second kappa shape index (κ2) is 4.47. The van der Waals surface area contributed by atoms with E-state index in [0.29, 0.717) is 6.54 Å². The van der Waals surface area contributed by atoms with Gasteiger partial charge < -0.3 is 5.73 Å². The summed E-state index contributed by atoms with van der Waals surface area (Å²) in [5.41, 5.74) is 8.18. The maximum Gasteiger partial charge on any atom is 0.0349 e. The number of rotatable bonds is 2. The average Bonchev–Trinajstić information content (AvgIpc) is 2.70. The Kier molecular flexibility index (Phi) is 3.24. The van der Waals surface area contributed by atoms with Gasteiger partial charge in [0.2, 0.25) is 0 Å². The zero-order valence-corrected chi connectivity index (χ0v) is 10.9. The Morgan fingerprint density at radius 2 is 2.07 bits per heavy atom. The molecule has 2 N–H and O–H groups in total. The zero-order chi connectivity index (χ0) is 10.8. The Hall–Kier alpha value is -0.640. The minimum Gasteiger partial charge on any atom is -0.326 e. The minimum absolute atomic E-state index is 0.623. The van der Waals surface area contributed by atoms with Gasteiger partial charge in [-0.2, -0.15) is 0 Å². The number of hydrogen-bond donors (Lipinski definition) is 1. The molecular weight excluding hydrogens is 270 g/mol. The molecule has 2 rings (SSSR count). The largest absolute Gasteiger partial charge is 0.326 e. The molecule has 0 saturated heterocycles. The van der Waals surface area contributed by atoms with Crippen molar-refractivity contribution < 1.29 is 0 Å². The summed E-state index contributed by atoms with van der Waals surface area (Å²) >= 11 is 5.31. The van der Waals surface area contributed by atoms with Gasteiger partial charge in [0.1, 0.15) is 0 Å². The van der Waals surface area contributed by atoms with E-state index >= 15 is 0 Å². The van der Waals surface area contributed by atoms with E-state index in [9.17, 15) is 0 Å². The molecule has 1 nitrogen and oxygen atoms in total. The maximum absolute atomic E-state index is 5.61. The van der Waals surface area contributed by atoms with E-state index in [2.05, 4.69) is 53.2 Å². The zero-order valence-electron chi connectivity index (χ0n) is 8.46. The standard InChI is InChI=1S/C12H12BrNS/c1-8-10(3-2-4-11(8)13)12-6-5-9(7-14)15-12/h2-6H,7,14H2,1H3. The van der Waals surface area contributed by atoms with Crippen molar-refractivity contribution in [1.29, 1.82) is 0 Å². The summed E-state index contributed by atoms with van der Waals surface area (Å²) in [6, 6.07) is 10.5. The molecule has 0 spiro atoms. The van der Waals surface area contributed by atoms with E-state index in [1.165, 1.54) is 20.9 Å². The number of halogens is 1. The Morgan fingerprint density at radius 1 is 1.27 bits per heavy atom. The molecule has 0 unspecified atom stereocenters. The van der Waals surface area contributed by atoms with Gasteiger partial charge in [0.25, 0.3) is 0 Å². The molecule has 0 fully saturated rings. The molecule has 0 atom stereocenters. The van der Waals surface area contributed by atoms with E-state index in [1.54, 1.807) is 11.3 Å². The average molecular weight is 282 g/mol. The van der Waals surface area contributed by atoms with Crippen LogP contribution in [0.25, 0.3) is 10.4 Å². The molecule has 0 radical (unpaired) electrons. The minimum atomic E-state index is 0.623. The Morgan fingerprint density at radius 3 is 2.73 bits per heavy atom. The van der Waals surface area contributed by atoms with Crippen LogP contribution in [-0.2, 0) is 6.54 Å². The van der Waals surface area contributed by atoms with E-state index in [0.717, 1.165) is 4.47 Å². The second-order valence-electron chi connectivity index (χ2n) is 3.38. The molecule has 15 heavy (non-hydrogen) atoms. The lowest BCUT2D eigenvalue weighted by atomic mass is 10.1. The monoisotopic (exact) mass is 281 g/mol. The number of thiophene rings is 1. The second-order valence-corrected chi connectivity index (χ2v) is 5.41. The fourth-order valence-electron chi connectivity index (χ4n) is 1.51. The molecule has 1 aromatic heterocycles. The van der Waals surface area contributed by atoms with E-state index in [-0.39, 0.29) is 0 Å². The van der Waals surface area contributed by atoms with E-state index in [4.69, 9.17) is 5.73 Å². The van der Waals surface area contributed by atoms with Crippen LogP contribution in [0.2, 0.25) is 0 Å². The van der Waals surface area contributed by atoms with Gasteiger partial charge in [-0.15, -0.1) is 11.3 Å². The molecule has 0 aliphatic heterocycles. The van der Waals surface area contributed by atoms with Gasteiger partial charge >= 0.3 is 0 Å². The summed E-state index contributed by atoms with van der Waals surface area (Å²) in [6.45, 7) is 2.75. The lowest BCUT2D eigenvalue weighted by molar-refractivity contribution is 1.11. The van der Waals surface area contributed by atoms with Gasteiger partial charge in [-0.25, -0.2) is 0 Å². The number of benzene rings is 1. The molecular formula is C12H12BrNS. The van der Waals surface area contributed by atoms with Gasteiger partial charge in [-0.3, -0.25) is 0 Å². The molecule has 3 heteroatoms. The summed E-state index contributed by atoms with van der Waals surface area (Å²) in [7, 11) is 0. The molecule has 0 saturated carbocycles. The third kappa shape index (κ3) is 2.14. The number of nitrogens with two attached hydrogens (primary N) is 1. The van der Waals surface area contributed by atoms with Gasteiger partial charge in [-0.05, 0) is 36.2 Å². The van der Waals surface area contributed by atoms with Gasteiger partial charge in [-0.1, -0.05) is 28.1 Å². The highest BCUT2D eigenvalue weighted by atomic mass is 79.9. The molecule has 0 bridgehead atoms. The first-order valence-corrected chi connectivity index (χ1v) is 6.37. The summed E-state index contributed by atoms with van der Waals surface area (Å²) in [6.07, 6.45) is 0. The van der Waals surface area contributed by atoms with Crippen LogP contribution in [0.1, 0.15) is 10.4 Å². The summed E-state index contributed by atoms with van der Waals surface area (Å²) < 4.78 is 1.16. The first-order chi connectivity index (χ1) is 7.22. The molecule has 0 aliphatic carbocycles. The van der Waals surface area contributed by atoms with Crippen LogP contribution < -0.4 is 5.73 Å². The fraction of sp³-hybridized carbons (Fsp3) is 0.167. The van der Waals surface area contributed by atoms with Crippen LogP contribution in [0.4, 0.5) is 0 Å². The van der Waals surface area contributed by atoms with Crippen molar-refractivity contribution in [3.05, 3.63) is 45.2 Å². The van der Waals surface area contributed by atoms with Gasteiger partial charge in [0.15, 0.2) is 0 Å². The van der Waals surface area contributed by atoms with Crippen LogP contribution in [0.15, 0.2) is 34.8 Å². The predicted molar refractivity (Wildman–Crippen MR) is 70.1 cm³/mol. The fourth-order valence-corrected chi connectivity index (χ4v) is 2.84. The van der Waals surface area contributed by atoms with Crippen molar-refractivity contribution in [2.24, 2.45) is 5.73 Å². The first-order valence-electron chi connectivity index (χ1n) is 4.76. The van der Waals surface area contributed by atoms with Crippen LogP contribution in [0.3, 0.4) is 0 Å². The molecule has 0 aliphatic rings. The molecule has 1 aromatic carbocycles. The topological polar surface area (TPSA) is 26.0 Å². The van der Waals surface area contributed by atoms with Crippen LogP contribution >= 0.6 is 27.3 Å². The summed E-state index contributed by atoms with van der Waals surface area (Å²) in [4.78, 5) is 2.51. The molecule has 0 amide bonds. The molecule has 1 heterocycles. The predicted octanol–water partition coefficient (Wildman–Crippen LogP) is 3.94. The normalized spacial score (nSPS) is 10.6. The van der Waals surface area contributed by atoms with Crippen molar-refractivity contribution >= 4 is 27.3 Å². The summed E-state index contributed by atoms with van der Waals surface area (Å²) in [5, 5.41) is 0. The highest BCUT2D eigenvalue weighted by Crippen LogP contribution is 2.33. The Bertz CT molecular complexity index is 476. The Balaban J connectivity index is 2.49. The highest BCUT2D eigenvalue weighted by Gasteiger charge is 2.06. The van der Waals surface area contributed by atoms with E-state index < -0.39 is 0 Å². The van der Waals surface area contributed by atoms with Crippen molar-refractivity contribution in [3.8, 4) is 10.4 Å². The quantitative estimate of drug-likeness (QED) is 0.887. The SMILES string of the molecule is Cc1c(Br)cccc1-c1ccc(CN)s1. The van der Waals surface area contributed by atoms with Crippen molar-refractivity contribution in [1.82, 2.24) is 0 Å². The third-order valence-electron chi connectivity index (χ3n) is 2.40. The lowest BCUT2D eigenvalue weighted by Gasteiger charge is -2.04. The van der Waals surface area contributed by atoms with Gasteiger partial charge in [0.05, 0.1) is 0 Å². The maximum atomic E-state index is 5.61. The summed E-state index contributed by atoms with van der Waals surface area (Å²) in [5.74, 6) is 0. The Labute approximate surface area is 102 Å². The van der Waals surface area contributed by atoms with Crippen molar-refractivity contribution in [3.63, 3.8) is 0 Å². The van der Waals surface area contributed by atoms with Crippen LogP contribution in [-0.4, -0.2) is 0 Å². The van der Waals surface area contributed by atoms with Gasteiger partial charge in [0, 0.05) is 20.8 Å².